The molecule has 2 aromatic rings. The van der Waals surface area contributed by atoms with Crippen molar-refractivity contribution in [3.63, 3.8) is 0 Å². The highest BCUT2D eigenvalue weighted by atomic mass is 19.1. The van der Waals surface area contributed by atoms with Gasteiger partial charge in [0.15, 0.2) is 0 Å². The standard InChI is InChI=1S/C18H21FN2O2/c1-18(2,3)21(17(22)23)11-12-4-6-13(7-5-12)15-10-14(19)8-9-16(15)20/h4-10H,11,20H2,1-3H3,(H,22,23). The fourth-order valence-electron chi connectivity index (χ4n) is 2.34. The molecule has 122 valence electrons. The van der Waals surface area contributed by atoms with E-state index >= 15 is 0 Å². The summed E-state index contributed by atoms with van der Waals surface area (Å²) in [4.78, 5) is 12.8. The van der Waals surface area contributed by atoms with Gasteiger partial charge in [-0.1, -0.05) is 24.3 Å². The Morgan fingerprint density at radius 1 is 1.17 bits per heavy atom. The average molecular weight is 316 g/mol. The summed E-state index contributed by atoms with van der Waals surface area (Å²) < 4.78 is 13.4. The zero-order chi connectivity index (χ0) is 17.2. The lowest BCUT2D eigenvalue weighted by atomic mass is 10.0. The maximum atomic E-state index is 13.4. The van der Waals surface area contributed by atoms with Gasteiger partial charge in [-0.05, 0) is 50.1 Å². The molecule has 0 saturated carbocycles. The summed E-state index contributed by atoms with van der Waals surface area (Å²) >= 11 is 0. The summed E-state index contributed by atoms with van der Waals surface area (Å²) in [6.45, 7) is 5.84. The van der Waals surface area contributed by atoms with E-state index in [0.29, 0.717) is 11.3 Å². The summed E-state index contributed by atoms with van der Waals surface area (Å²) in [5, 5.41) is 9.34. The molecule has 23 heavy (non-hydrogen) atoms. The molecule has 0 heterocycles. The van der Waals surface area contributed by atoms with Gasteiger partial charge < -0.3 is 10.8 Å². The maximum absolute atomic E-state index is 13.4. The van der Waals surface area contributed by atoms with Crippen LogP contribution < -0.4 is 5.73 Å². The Morgan fingerprint density at radius 2 is 1.78 bits per heavy atom. The summed E-state index contributed by atoms with van der Waals surface area (Å²) in [5.41, 5.74) is 8.18. The maximum Gasteiger partial charge on any atom is 0.408 e. The zero-order valence-electron chi connectivity index (χ0n) is 13.5. The van der Waals surface area contributed by atoms with Crippen molar-refractivity contribution in [2.75, 3.05) is 5.73 Å². The van der Waals surface area contributed by atoms with Gasteiger partial charge in [0.25, 0.3) is 0 Å². The molecule has 0 aliphatic carbocycles. The van der Waals surface area contributed by atoms with Crippen LogP contribution in [-0.4, -0.2) is 21.6 Å². The van der Waals surface area contributed by atoms with Gasteiger partial charge in [-0.15, -0.1) is 0 Å². The Hall–Kier alpha value is -2.56. The first-order valence-corrected chi connectivity index (χ1v) is 7.33. The molecule has 0 unspecified atom stereocenters. The number of rotatable bonds is 3. The lowest BCUT2D eigenvalue weighted by Crippen LogP contribution is -2.44. The number of halogens is 1. The molecule has 4 nitrogen and oxygen atoms in total. The van der Waals surface area contributed by atoms with E-state index in [2.05, 4.69) is 0 Å². The van der Waals surface area contributed by atoms with Crippen LogP contribution >= 0.6 is 0 Å². The average Bonchev–Trinajstić information content (AvgIpc) is 2.46. The third kappa shape index (κ3) is 4.00. The number of hydrogen-bond acceptors (Lipinski definition) is 2. The second-order valence-electron chi connectivity index (χ2n) is 6.47. The molecule has 0 bridgehead atoms. The summed E-state index contributed by atoms with van der Waals surface area (Å²) in [6, 6.07) is 11.6. The van der Waals surface area contributed by atoms with Gasteiger partial charge in [0.05, 0.1) is 0 Å². The van der Waals surface area contributed by atoms with Crippen molar-refractivity contribution in [1.82, 2.24) is 4.90 Å². The fourth-order valence-corrected chi connectivity index (χ4v) is 2.34. The van der Waals surface area contributed by atoms with Crippen LogP contribution in [-0.2, 0) is 6.54 Å². The molecule has 3 N–H and O–H groups in total. The van der Waals surface area contributed by atoms with Crippen molar-refractivity contribution in [2.45, 2.75) is 32.9 Å². The minimum Gasteiger partial charge on any atom is -0.465 e. The second-order valence-corrected chi connectivity index (χ2v) is 6.47. The van der Waals surface area contributed by atoms with Crippen LogP contribution in [0.5, 0.6) is 0 Å². The van der Waals surface area contributed by atoms with E-state index in [0.717, 1.165) is 11.1 Å². The minimum atomic E-state index is -0.962. The van der Waals surface area contributed by atoms with Crippen molar-refractivity contribution in [1.29, 1.82) is 0 Å². The Labute approximate surface area is 135 Å². The Morgan fingerprint density at radius 3 is 2.30 bits per heavy atom. The Balaban J connectivity index is 2.26. The highest BCUT2D eigenvalue weighted by molar-refractivity contribution is 5.76. The molecule has 2 rings (SSSR count). The number of amides is 1. The quantitative estimate of drug-likeness (QED) is 0.827. The molecule has 0 aromatic heterocycles. The lowest BCUT2D eigenvalue weighted by molar-refractivity contribution is 0.0955. The summed E-state index contributed by atoms with van der Waals surface area (Å²) in [7, 11) is 0. The van der Waals surface area contributed by atoms with E-state index in [9.17, 15) is 14.3 Å². The van der Waals surface area contributed by atoms with Gasteiger partial charge in [0, 0.05) is 23.3 Å². The van der Waals surface area contributed by atoms with E-state index < -0.39 is 11.6 Å². The van der Waals surface area contributed by atoms with E-state index in [1.54, 1.807) is 0 Å². The summed E-state index contributed by atoms with van der Waals surface area (Å²) in [6.07, 6.45) is -0.962. The molecule has 0 radical (unpaired) electrons. The zero-order valence-corrected chi connectivity index (χ0v) is 13.5. The highest BCUT2D eigenvalue weighted by Crippen LogP contribution is 2.27. The first kappa shape index (κ1) is 16.8. The number of anilines is 1. The molecular weight excluding hydrogens is 295 g/mol. The molecule has 0 saturated heterocycles. The van der Waals surface area contributed by atoms with Crippen LogP contribution in [0.3, 0.4) is 0 Å². The molecule has 0 fully saturated rings. The SMILES string of the molecule is CC(C)(C)N(Cc1ccc(-c2cc(F)ccc2N)cc1)C(=O)O. The second kappa shape index (κ2) is 6.28. The molecule has 0 atom stereocenters. The van der Waals surface area contributed by atoms with Crippen LogP contribution in [0.4, 0.5) is 14.9 Å². The van der Waals surface area contributed by atoms with Crippen LogP contribution in [0, 0.1) is 5.82 Å². The number of benzene rings is 2. The largest absolute Gasteiger partial charge is 0.465 e. The molecule has 2 aromatic carbocycles. The number of nitrogen functional groups attached to an aromatic ring is 1. The molecular formula is C18H21FN2O2. The topological polar surface area (TPSA) is 66.6 Å². The molecule has 0 aliphatic rings. The third-order valence-corrected chi connectivity index (χ3v) is 3.66. The van der Waals surface area contributed by atoms with Crippen LogP contribution in [0.2, 0.25) is 0 Å². The third-order valence-electron chi connectivity index (χ3n) is 3.66. The van der Waals surface area contributed by atoms with Crippen molar-refractivity contribution in [2.24, 2.45) is 0 Å². The van der Waals surface area contributed by atoms with E-state index in [-0.39, 0.29) is 12.4 Å². The monoisotopic (exact) mass is 316 g/mol. The first-order valence-electron chi connectivity index (χ1n) is 7.33. The Bertz CT molecular complexity index is 706. The molecule has 0 aliphatic heterocycles. The number of carboxylic acid groups (broad SMARTS) is 1. The minimum absolute atomic E-state index is 0.289. The molecule has 0 spiro atoms. The number of nitrogens with zero attached hydrogens (tertiary/aromatic N) is 1. The van der Waals surface area contributed by atoms with Gasteiger partial charge in [-0.2, -0.15) is 0 Å². The van der Waals surface area contributed by atoms with Crippen molar-refractivity contribution in [3.05, 3.63) is 53.8 Å². The number of carbonyl (C=O) groups is 1. The van der Waals surface area contributed by atoms with Crippen molar-refractivity contribution in [3.8, 4) is 11.1 Å². The first-order chi connectivity index (χ1) is 10.7. The molecule has 5 heteroatoms. The normalized spacial score (nSPS) is 11.3. The molecule has 1 amide bonds. The van der Waals surface area contributed by atoms with Crippen LogP contribution in [0.25, 0.3) is 11.1 Å². The van der Waals surface area contributed by atoms with E-state index in [4.69, 9.17) is 5.73 Å². The van der Waals surface area contributed by atoms with Gasteiger partial charge >= 0.3 is 6.09 Å². The lowest BCUT2D eigenvalue weighted by Gasteiger charge is -2.33. The fraction of sp³-hybridized carbons (Fsp3) is 0.278. The summed E-state index contributed by atoms with van der Waals surface area (Å²) in [5.74, 6) is -0.344. The van der Waals surface area contributed by atoms with E-state index in [1.165, 1.54) is 23.1 Å². The van der Waals surface area contributed by atoms with Gasteiger partial charge in [0.2, 0.25) is 0 Å². The predicted molar refractivity (Wildman–Crippen MR) is 89.6 cm³/mol. The number of nitrogens with two attached hydrogens (primary N) is 1. The highest BCUT2D eigenvalue weighted by Gasteiger charge is 2.25. The van der Waals surface area contributed by atoms with Crippen LogP contribution in [0.1, 0.15) is 26.3 Å². The van der Waals surface area contributed by atoms with E-state index in [1.807, 2.05) is 45.0 Å². The van der Waals surface area contributed by atoms with Gasteiger partial charge in [-0.25, -0.2) is 9.18 Å². The van der Waals surface area contributed by atoms with Crippen molar-refractivity contribution >= 4 is 11.8 Å². The van der Waals surface area contributed by atoms with Crippen LogP contribution in [0.15, 0.2) is 42.5 Å². The van der Waals surface area contributed by atoms with Gasteiger partial charge in [0.1, 0.15) is 5.82 Å². The van der Waals surface area contributed by atoms with Gasteiger partial charge in [-0.3, -0.25) is 4.90 Å². The Kier molecular flexibility index (Phi) is 4.59. The number of hydrogen-bond donors (Lipinski definition) is 2. The smallest absolute Gasteiger partial charge is 0.408 e. The van der Waals surface area contributed by atoms with Crippen molar-refractivity contribution < 1.29 is 14.3 Å². The predicted octanol–water partition coefficient (Wildman–Crippen LogP) is 4.35.